The smallest absolute Gasteiger partial charge is 0.335 e. The summed E-state index contributed by atoms with van der Waals surface area (Å²) >= 11 is 0. The van der Waals surface area contributed by atoms with E-state index in [1.807, 2.05) is 6.07 Å². The standard InChI is InChI=1S/C30H42O8/c1-16-24(32)25(33)26(34)27(37-16)38-22-6-4-5-18-8-9-21-20(29(18,22)3)11-13-28(2)19(12-14-30(21,28)35)17-7-10-23(31)36-15-17/h5,7,10,15-16,19-22,24-27,32-35H,4,6,8-9,11-14H2,1-3H3/t16-,19+,20-,21+,22?,24-,25+,26+,27-,28+,29-,30-/m0/s1. The maximum atomic E-state index is 12.5. The molecule has 6 rings (SSSR count). The van der Waals surface area contributed by atoms with Crippen molar-refractivity contribution in [3.05, 3.63) is 46.0 Å². The lowest BCUT2D eigenvalue weighted by atomic mass is 9.44. The van der Waals surface area contributed by atoms with E-state index < -0.39 is 36.3 Å². The van der Waals surface area contributed by atoms with Gasteiger partial charge in [-0.3, -0.25) is 0 Å². The van der Waals surface area contributed by atoms with Gasteiger partial charge in [0.05, 0.1) is 24.1 Å². The monoisotopic (exact) mass is 530 g/mol. The van der Waals surface area contributed by atoms with Crippen molar-refractivity contribution in [2.75, 3.05) is 0 Å². The van der Waals surface area contributed by atoms with E-state index in [4.69, 9.17) is 13.9 Å². The van der Waals surface area contributed by atoms with Crippen LogP contribution in [-0.4, -0.2) is 62.8 Å². The fraction of sp³-hybridized carbons (Fsp3) is 0.767. The van der Waals surface area contributed by atoms with Crippen LogP contribution in [0.5, 0.6) is 0 Å². The zero-order valence-electron chi connectivity index (χ0n) is 22.6. The van der Waals surface area contributed by atoms with E-state index in [-0.39, 0.29) is 40.3 Å². The number of aliphatic hydroxyl groups is 4. The highest BCUT2D eigenvalue weighted by atomic mass is 16.7. The summed E-state index contributed by atoms with van der Waals surface area (Å²) in [5, 5.41) is 43.7. The number of hydrogen-bond acceptors (Lipinski definition) is 8. The molecule has 210 valence electrons. The quantitative estimate of drug-likeness (QED) is 0.439. The van der Waals surface area contributed by atoms with Gasteiger partial charge in [-0.1, -0.05) is 25.5 Å². The molecule has 1 saturated heterocycles. The minimum absolute atomic E-state index is 0.0943. The first-order valence-electron chi connectivity index (χ1n) is 14.4. The minimum atomic E-state index is -1.33. The summed E-state index contributed by atoms with van der Waals surface area (Å²) in [4.78, 5) is 11.6. The van der Waals surface area contributed by atoms with Gasteiger partial charge in [-0.2, -0.15) is 0 Å². The average molecular weight is 531 g/mol. The summed E-state index contributed by atoms with van der Waals surface area (Å²) in [6, 6.07) is 3.33. The third-order valence-corrected chi connectivity index (χ3v) is 11.6. The van der Waals surface area contributed by atoms with Gasteiger partial charge in [-0.25, -0.2) is 4.79 Å². The van der Waals surface area contributed by atoms with Gasteiger partial charge in [0.15, 0.2) is 6.29 Å². The number of ether oxygens (including phenoxy) is 2. The highest BCUT2D eigenvalue weighted by Crippen LogP contribution is 2.70. The first kappa shape index (κ1) is 26.7. The zero-order chi connectivity index (χ0) is 27.0. The summed E-state index contributed by atoms with van der Waals surface area (Å²) < 4.78 is 17.6. The molecule has 0 spiro atoms. The fourth-order valence-electron chi connectivity index (χ4n) is 9.31. The molecule has 8 heteroatoms. The Kier molecular flexibility index (Phi) is 6.49. The summed E-state index contributed by atoms with van der Waals surface area (Å²) in [5.41, 5.74) is 0.491. The normalized spacial score (nSPS) is 50.5. The lowest BCUT2D eigenvalue weighted by Crippen LogP contribution is -2.63. The molecule has 1 aliphatic heterocycles. The van der Waals surface area contributed by atoms with Crippen molar-refractivity contribution in [2.24, 2.45) is 22.7 Å². The molecule has 0 bridgehead atoms. The highest BCUT2D eigenvalue weighted by Gasteiger charge is 2.68. The highest BCUT2D eigenvalue weighted by molar-refractivity contribution is 5.31. The van der Waals surface area contributed by atoms with Gasteiger partial charge < -0.3 is 34.3 Å². The van der Waals surface area contributed by atoms with E-state index in [9.17, 15) is 25.2 Å². The Morgan fingerprint density at radius 2 is 1.76 bits per heavy atom. The largest absolute Gasteiger partial charge is 0.431 e. The molecule has 8 nitrogen and oxygen atoms in total. The van der Waals surface area contributed by atoms with Crippen molar-refractivity contribution in [2.45, 2.75) is 120 Å². The first-order chi connectivity index (χ1) is 18.0. The zero-order valence-corrected chi connectivity index (χ0v) is 22.6. The van der Waals surface area contributed by atoms with E-state index >= 15 is 0 Å². The van der Waals surface area contributed by atoms with Crippen LogP contribution in [0.4, 0.5) is 0 Å². The van der Waals surface area contributed by atoms with Gasteiger partial charge in [-0.15, -0.1) is 0 Å². The topological polar surface area (TPSA) is 130 Å². The average Bonchev–Trinajstić information content (AvgIpc) is 3.18. The first-order valence-corrected chi connectivity index (χ1v) is 14.4. The molecule has 0 amide bonds. The molecule has 1 unspecified atom stereocenters. The summed E-state index contributed by atoms with van der Waals surface area (Å²) in [6.07, 6.45) is 4.99. The van der Waals surface area contributed by atoms with Crippen molar-refractivity contribution in [3.8, 4) is 0 Å². The molecular weight excluding hydrogens is 488 g/mol. The Hall–Kier alpha value is -1.55. The van der Waals surface area contributed by atoms with Crippen LogP contribution >= 0.6 is 0 Å². The van der Waals surface area contributed by atoms with Crippen LogP contribution in [0, 0.1) is 22.7 Å². The molecule has 2 heterocycles. The maximum absolute atomic E-state index is 12.5. The lowest BCUT2D eigenvalue weighted by molar-refractivity contribution is -0.317. The Morgan fingerprint density at radius 1 is 0.974 bits per heavy atom. The molecule has 5 aliphatic rings. The molecule has 4 aliphatic carbocycles. The van der Waals surface area contributed by atoms with E-state index in [0.717, 1.165) is 50.5 Å². The van der Waals surface area contributed by atoms with E-state index in [2.05, 4.69) is 19.9 Å². The van der Waals surface area contributed by atoms with Crippen LogP contribution < -0.4 is 5.63 Å². The van der Waals surface area contributed by atoms with Crippen molar-refractivity contribution in [1.29, 1.82) is 0 Å². The number of aliphatic hydroxyl groups excluding tert-OH is 3. The number of rotatable bonds is 3. The molecule has 0 radical (unpaired) electrons. The van der Waals surface area contributed by atoms with Gasteiger partial charge in [0.25, 0.3) is 0 Å². The molecule has 0 aromatic carbocycles. The number of hydrogen-bond donors (Lipinski definition) is 4. The molecule has 1 aromatic heterocycles. The predicted molar refractivity (Wildman–Crippen MR) is 138 cm³/mol. The van der Waals surface area contributed by atoms with E-state index in [0.29, 0.717) is 6.42 Å². The molecule has 4 fully saturated rings. The van der Waals surface area contributed by atoms with Crippen LogP contribution in [0.2, 0.25) is 0 Å². The van der Waals surface area contributed by atoms with Gasteiger partial charge >= 0.3 is 5.63 Å². The second-order valence-electron chi connectivity index (χ2n) is 13.0. The summed E-state index contributed by atoms with van der Waals surface area (Å²) in [5.74, 6) is 0.421. The van der Waals surface area contributed by atoms with Gasteiger partial charge in [0, 0.05) is 16.9 Å². The van der Waals surface area contributed by atoms with Crippen molar-refractivity contribution in [3.63, 3.8) is 0 Å². The minimum Gasteiger partial charge on any atom is -0.431 e. The summed E-state index contributed by atoms with van der Waals surface area (Å²) in [7, 11) is 0. The Morgan fingerprint density at radius 3 is 2.50 bits per heavy atom. The van der Waals surface area contributed by atoms with Gasteiger partial charge in [0.2, 0.25) is 0 Å². The second kappa shape index (κ2) is 9.25. The number of allylic oxidation sites excluding steroid dienone is 1. The van der Waals surface area contributed by atoms with Gasteiger partial charge in [0.1, 0.15) is 18.3 Å². The van der Waals surface area contributed by atoms with E-state index in [1.165, 1.54) is 11.6 Å². The molecule has 38 heavy (non-hydrogen) atoms. The van der Waals surface area contributed by atoms with Crippen molar-refractivity contribution in [1.82, 2.24) is 0 Å². The van der Waals surface area contributed by atoms with Crippen molar-refractivity contribution >= 4 is 0 Å². The molecule has 1 aromatic rings. The molecule has 4 N–H and O–H groups in total. The fourth-order valence-corrected chi connectivity index (χ4v) is 9.31. The molecule has 12 atom stereocenters. The predicted octanol–water partition coefficient (Wildman–Crippen LogP) is 3.01. The Bertz CT molecular complexity index is 1130. The molecular formula is C30H42O8. The third-order valence-electron chi connectivity index (χ3n) is 11.6. The Labute approximate surface area is 223 Å². The summed E-state index contributed by atoms with van der Waals surface area (Å²) in [6.45, 7) is 6.15. The molecule has 3 saturated carbocycles. The lowest BCUT2D eigenvalue weighted by Gasteiger charge is -2.63. The number of fused-ring (bicyclic) bond motifs is 5. The Balaban J connectivity index is 1.30. The third kappa shape index (κ3) is 3.67. The van der Waals surface area contributed by atoms with Crippen LogP contribution in [0.1, 0.15) is 83.6 Å². The SMILES string of the molecule is C[C@@H]1O[C@@H](OC2CCC=C3CC[C@@H]4[C@H](CC[C@]5(C)[C@@H](c6ccc(=O)oc6)CC[C@]45O)[C@]32C)[C@H](O)[C@H](O)[C@H]1O. The van der Waals surface area contributed by atoms with Gasteiger partial charge in [-0.05, 0) is 87.7 Å². The van der Waals surface area contributed by atoms with Crippen LogP contribution in [0.25, 0.3) is 0 Å². The maximum Gasteiger partial charge on any atom is 0.335 e. The second-order valence-corrected chi connectivity index (χ2v) is 13.0. The van der Waals surface area contributed by atoms with Crippen LogP contribution in [0.3, 0.4) is 0 Å². The van der Waals surface area contributed by atoms with E-state index in [1.54, 1.807) is 13.2 Å². The van der Waals surface area contributed by atoms with Crippen LogP contribution in [0.15, 0.2) is 39.3 Å². The van der Waals surface area contributed by atoms with Crippen molar-refractivity contribution < 1.29 is 34.3 Å². The van der Waals surface area contributed by atoms with Crippen LogP contribution in [-0.2, 0) is 9.47 Å².